The molecular formula is C14H22N4O2S. The number of nitrogens with two attached hydrogens (primary N) is 1. The molecule has 0 aliphatic heterocycles. The van der Waals surface area contributed by atoms with Gasteiger partial charge < -0.3 is 10.3 Å². The Morgan fingerprint density at radius 3 is 2.57 bits per heavy atom. The molecule has 1 aromatic rings. The second kappa shape index (κ2) is 6.51. The number of aromatic nitrogens is 2. The molecule has 3 amide bonds. The van der Waals surface area contributed by atoms with E-state index in [9.17, 15) is 9.59 Å². The van der Waals surface area contributed by atoms with Crippen LogP contribution in [-0.2, 0) is 4.79 Å². The number of imide groups is 1. The Labute approximate surface area is 128 Å². The maximum absolute atomic E-state index is 11.8. The highest BCUT2D eigenvalue weighted by Gasteiger charge is 2.26. The van der Waals surface area contributed by atoms with Crippen molar-refractivity contribution in [1.82, 2.24) is 14.9 Å². The van der Waals surface area contributed by atoms with Crippen LogP contribution < -0.4 is 11.1 Å². The van der Waals surface area contributed by atoms with Crippen LogP contribution >= 0.6 is 11.8 Å². The second-order valence-corrected chi connectivity index (χ2v) is 6.80. The van der Waals surface area contributed by atoms with Gasteiger partial charge in [-0.3, -0.25) is 10.1 Å². The summed E-state index contributed by atoms with van der Waals surface area (Å²) in [4.78, 5) is 27.2. The van der Waals surface area contributed by atoms with Gasteiger partial charge >= 0.3 is 6.03 Å². The Morgan fingerprint density at radius 1 is 1.38 bits per heavy atom. The lowest BCUT2D eigenvalue weighted by Crippen LogP contribution is -2.39. The first-order chi connectivity index (χ1) is 9.90. The number of imidazole rings is 1. The Kier molecular flexibility index (Phi) is 4.92. The van der Waals surface area contributed by atoms with Crippen molar-refractivity contribution in [3.05, 3.63) is 11.4 Å². The summed E-state index contributed by atoms with van der Waals surface area (Å²) in [5.41, 5.74) is 7.13. The van der Waals surface area contributed by atoms with Gasteiger partial charge in [-0.15, -0.1) is 0 Å². The maximum Gasteiger partial charge on any atom is 0.318 e. The molecule has 1 aromatic heterocycles. The number of hydrogen-bond acceptors (Lipinski definition) is 4. The van der Waals surface area contributed by atoms with Gasteiger partial charge in [0.2, 0.25) is 5.91 Å². The summed E-state index contributed by atoms with van der Waals surface area (Å²) in [7, 11) is 0. The van der Waals surface area contributed by atoms with Crippen molar-refractivity contribution in [2.45, 2.75) is 62.9 Å². The molecule has 1 saturated carbocycles. The highest BCUT2D eigenvalue weighted by molar-refractivity contribution is 8.00. The van der Waals surface area contributed by atoms with Crippen LogP contribution in [0.4, 0.5) is 4.79 Å². The summed E-state index contributed by atoms with van der Waals surface area (Å²) in [6, 6.07) is -0.348. The zero-order valence-corrected chi connectivity index (χ0v) is 13.5. The van der Waals surface area contributed by atoms with Crippen LogP contribution in [0, 0.1) is 13.8 Å². The minimum Gasteiger partial charge on any atom is -0.351 e. The Balaban J connectivity index is 2.17. The van der Waals surface area contributed by atoms with E-state index in [4.69, 9.17) is 5.73 Å². The standard InChI is InChI=1S/C14H22N4O2S/c1-8-9(2)18(11-6-4-5-7-11)14(16-8)21-10(3)12(19)17-13(15)20/h10-11H,4-7H2,1-3H3,(H3,15,17,19,20)/t10-/m0/s1. The molecular weight excluding hydrogens is 288 g/mol. The van der Waals surface area contributed by atoms with Crippen molar-refractivity contribution in [3.8, 4) is 0 Å². The normalized spacial score (nSPS) is 16.9. The molecule has 0 spiro atoms. The molecule has 116 valence electrons. The van der Waals surface area contributed by atoms with Crippen molar-refractivity contribution in [1.29, 1.82) is 0 Å². The highest BCUT2D eigenvalue weighted by Crippen LogP contribution is 2.36. The van der Waals surface area contributed by atoms with Crippen LogP contribution in [-0.4, -0.2) is 26.7 Å². The molecule has 0 radical (unpaired) electrons. The molecule has 1 fully saturated rings. The number of aryl methyl sites for hydroxylation is 1. The van der Waals surface area contributed by atoms with Gasteiger partial charge in [-0.25, -0.2) is 9.78 Å². The van der Waals surface area contributed by atoms with E-state index >= 15 is 0 Å². The molecule has 0 unspecified atom stereocenters. The zero-order chi connectivity index (χ0) is 15.6. The first kappa shape index (κ1) is 15.9. The van der Waals surface area contributed by atoms with E-state index in [1.54, 1.807) is 6.92 Å². The Morgan fingerprint density at radius 2 is 2.00 bits per heavy atom. The molecule has 0 bridgehead atoms. The third-order valence-electron chi connectivity index (χ3n) is 3.94. The third kappa shape index (κ3) is 3.58. The average Bonchev–Trinajstić information content (AvgIpc) is 2.98. The van der Waals surface area contributed by atoms with E-state index in [2.05, 4.69) is 21.8 Å². The van der Waals surface area contributed by atoms with Crippen molar-refractivity contribution >= 4 is 23.7 Å². The van der Waals surface area contributed by atoms with E-state index in [0.29, 0.717) is 6.04 Å². The number of carbonyl (C=O) groups is 2. The first-order valence-corrected chi connectivity index (χ1v) is 8.10. The van der Waals surface area contributed by atoms with Crippen molar-refractivity contribution in [3.63, 3.8) is 0 Å². The molecule has 21 heavy (non-hydrogen) atoms. The van der Waals surface area contributed by atoms with Gasteiger partial charge in [0.05, 0.1) is 10.9 Å². The number of rotatable bonds is 4. The number of carbonyl (C=O) groups excluding carboxylic acids is 2. The molecule has 6 nitrogen and oxygen atoms in total. The zero-order valence-electron chi connectivity index (χ0n) is 12.7. The number of thioether (sulfide) groups is 1. The highest BCUT2D eigenvalue weighted by atomic mass is 32.2. The number of urea groups is 1. The molecule has 1 heterocycles. The van der Waals surface area contributed by atoms with E-state index in [-0.39, 0.29) is 5.91 Å². The summed E-state index contributed by atoms with van der Waals surface area (Å²) in [5.74, 6) is -0.385. The van der Waals surface area contributed by atoms with Gasteiger partial charge in [0.25, 0.3) is 0 Å². The minimum absolute atomic E-state index is 0.385. The smallest absolute Gasteiger partial charge is 0.318 e. The van der Waals surface area contributed by atoms with Gasteiger partial charge in [0.15, 0.2) is 5.16 Å². The Bertz CT molecular complexity index is 549. The van der Waals surface area contributed by atoms with Gasteiger partial charge in [0.1, 0.15) is 0 Å². The lowest BCUT2D eigenvalue weighted by Gasteiger charge is -2.18. The predicted molar refractivity (Wildman–Crippen MR) is 82.3 cm³/mol. The van der Waals surface area contributed by atoms with Crippen LogP contribution in [0.25, 0.3) is 0 Å². The van der Waals surface area contributed by atoms with Crippen LogP contribution in [0.3, 0.4) is 0 Å². The molecule has 1 atom stereocenters. The number of primary amides is 1. The largest absolute Gasteiger partial charge is 0.351 e. The maximum atomic E-state index is 11.8. The average molecular weight is 310 g/mol. The van der Waals surface area contributed by atoms with Crippen LogP contribution in [0.5, 0.6) is 0 Å². The topological polar surface area (TPSA) is 90.0 Å². The van der Waals surface area contributed by atoms with Crippen LogP contribution in [0.1, 0.15) is 50.0 Å². The quantitative estimate of drug-likeness (QED) is 0.835. The number of nitrogens with zero attached hydrogens (tertiary/aromatic N) is 2. The van der Waals surface area contributed by atoms with Crippen molar-refractivity contribution in [2.75, 3.05) is 0 Å². The number of amides is 3. The van der Waals surface area contributed by atoms with Gasteiger partial charge in [-0.1, -0.05) is 24.6 Å². The predicted octanol–water partition coefficient (Wildman–Crippen LogP) is 2.29. The van der Waals surface area contributed by atoms with E-state index in [0.717, 1.165) is 29.4 Å². The van der Waals surface area contributed by atoms with E-state index in [1.165, 1.54) is 24.6 Å². The van der Waals surface area contributed by atoms with Gasteiger partial charge in [-0.2, -0.15) is 0 Å². The molecule has 0 saturated heterocycles. The monoisotopic (exact) mass is 310 g/mol. The number of nitrogens with one attached hydrogen (secondary N) is 1. The Hall–Kier alpha value is -1.50. The molecule has 0 aromatic carbocycles. The van der Waals surface area contributed by atoms with E-state index < -0.39 is 11.3 Å². The SMILES string of the molecule is Cc1nc(S[C@@H](C)C(=O)NC(N)=O)n(C2CCCC2)c1C. The lowest BCUT2D eigenvalue weighted by atomic mass is 10.2. The van der Waals surface area contributed by atoms with Gasteiger partial charge in [-0.05, 0) is 33.6 Å². The molecule has 1 aliphatic rings. The fraction of sp³-hybridized carbons (Fsp3) is 0.643. The molecule has 3 N–H and O–H groups in total. The molecule has 2 rings (SSSR count). The van der Waals surface area contributed by atoms with Crippen molar-refractivity contribution < 1.29 is 9.59 Å². The summed E-state index contributed by atoms with van der Waals surface area (Å²) < 4.78 is 2.25. The summed E-state index contributed by atoms with van der Waals surface area (Å²) >= 11 is 1.37. The fourth-order valence-corrected chi connectivity index (χ4v) is 3.78. The number of hydrogen-bond donors (Lipinski definition) is 2. The van der Waals surface area contributed by atoms with Crippen LogP contribution in [0.2, 0.25) is 0 Å². The summed E-state index contributed by atoms with van der Waals surface area (Å²) in [6.07, 6.45) is 4.80. The van der Waals surface area contributed by atoms with Crippen molar-refractivity contribution in [2.24, 2.45) is 5.73 Å². The summed E-state index contributed by atoms with van der Waals surface area (Å²) in [5, 5.41) is 2.55. The minimum atomic E-state index is -0.820. The first-order valence-electron chi connectivity index (χ1n) is 7.22. The van der Waals surface area contributed by atoms with Crippen LogP contribution in [0.15, 0.2) is 5.16 Å². The molecule has 7 heteroatoms. The van der Waals surface area contributed by atoms with Gasteiger partial charge in [0, 0.05) is 11.7 Å². The fourth-order valence-electron chi connectivity index (χ4n) is 2.71. The summed E-state index contributed by atoms with van der Waals surface area (Å²) in [6.45, 7) is 5.80. The second-order valence-electron chi connectivity index (χ2n) is 5.49. The molecule has 1 aliphatic carbocycles. The third-order valence-corrected chi connectivity index (χ3v) is 5.01. The van der Waals surface area contributed by atoms with E-state index in [1.807, 2.05) is 6.92 Å². The lowest BCUT2D eigenvalue weighted by molar-refractivity contribution is -0.119.